The number of rotatable bonds is 2. The highest BCUT2D eigenvalue weighted by Crippen LogP contribution is 2.31. The number of anilines is 1. The maximum absolute atomic E-state index is 9.21. The van der Waals surface area contributed by atoms with E-state index in [4.69, 9.17) is 17.3 Å². The maximum atomic E-state index is 9.21. The molecule has 0 atom stereocenters. The van der Waals surface area contributed by atoms with Gasteiger partial charge in [-0.05, 0) is 18.2 Å². The van der Waals surface area contributed by atoms with Crippen molar-refractivity contribution in [3.63, 3.8) is 0 Å². The van der Waals surface area contributed by atoms with E-state index in [9.17, 15) is 5.26 Å². The number of hydrogen-bond donors (Lipinski definition) is 2. The number of imidazole rings is 1. The van der Waals surface area contributed by atoms with Crippen molar-refractivity contribution in [2.75, 3.05) is 5.73 Å². The normalized spacial score (nSPS) is 10.8. The number of nitrogens with one attached hydrogen (secondary N) is 1. The first-order valence-electron chi connectivity index (χ1n) is 6.88. The van der Waals surface area contributed by atoms with Gasteiger partial charge in [0.05, 0.1) is 22.4 Å². The summed E-state index contributed by atoms with van der Waals surface area (Å²) in [7, 11) is 0. The highest BCUT2D eigenvalue weighted by molar-refractivity contribution is 6.35. The molecule has 0 aliphatic heterocycles. The fourth-order valence-electron chi connectivity index (χ4n) is 2.41. The topological polar surface area (TPSA) is 122 Å². The molecule has 116 valence electrons. The number of H-pyrrole nitrogens is 1. The van der Waals surface area contributed by atoms with E-state index < -0.39 is 0 Å². The van der Waals surface area contributed by atoms with E-state index >= 15 is 0 Å². The van der Waals surface area contributed by atoms with Crippen LogP contribution in [0.3, 0.4) is 0 Å². The molecule has 3 aromatic heterocycles. The zero-order valence-corrected chi connectivity index (χ0v) is 12.9. The summed E-state index contributed by atoms with van der Waals surface area (Å²) in [5.74, 6) is 0.446. The minimum Gasteiger partial charge on any atom is -0.381 e. The van der Waals surface area contributed by atoms with Gasteiger partial charge in [0.15, 0.2) is 17.3 Å². The number of aromatic amines is 1. The Morgan fingerprint density at radius 1 is 1.29 bits per heavy atom. The smallest absolute Gasteiger partial charge is 0.183 e. The van der Waals surface area contributed by atoms with Crippen LogP contribution in [0.15, 0.2) is 36.9 Å². The first kappa shape index (κ1) is 14.2. The van der Waals surface area contributed by atoms with Crippen molar-refractivity contribution >= 4 is 28.5 Å². The number of nitrogen functional groups attached to an aromatic ring is 1. The van der Waals surface area contributed by atoms with Crippen LogP contribution in [0, 0.1) is 11.3 Å². The largest absolute Gasteiger partial charge is 0.381 e. The second kappa shape index (κ2) is 5.33. The first-order chi connectivity index (χ1) is 11.7. The molecule has 24 heavy (non-hydrogen) atoms. The molecule has 8 nitrogen and oxygen atoms in total. The molecule has 0 aliphatic carbocycles. The Hall–Kier alpha value is -3.44. The zero-order chi connectivity index (χ0) is 16.7. The minimum atomic E-state index is 0.0405. The molecule has 0 saturated carbocycles. The monoisotopic (exact) mass is 336 g/mol. The molecule has 0 fully saturated rings. The summed E-state index contributed by atoms with van der Waals surface area (Å²) in [6.45, 7) is 0. The predicted molar refractivity (Wildman–Crippen MR) is 88.4 cm³/mol. The van der Waals surface area contributed by atoms with E-state index in [1.54, 1.807) is 30.9 Å². The number of halogens is 1. The molecule has 0 aliphatic rings. The number of hydrogen-bond acceptors (Lipinski definition) is 6. The predicted octanol–water partition coefficient (Wildman–Crippen LogP) is 2.31. The molecule has 3 heterocycles. The first-order valence-corrected chi connectivity index (χ1v) is 7.26. The number of benzene rings is 1. The summed E-state index contributed by atoms with van der Waals surface area (Å²) in [5.41, 5.74) is 8.36. The van der Waals surface area contributed by atoms with Crippen molar-refractivity contribution in [3.05, 3.63) is 47.6 Å². The summed E-state index contributed by atoms with van der Waals surface area (Å²) in [4.78, 5) is 15.8. The number of fused-ring (bicyclic) bond motifs is 1. The van der Waals surface area contributed by atoms with Crippen LogP contribution in [0.5, 0.6) is 0 Å². The number of aromatic nitrogens is 6. The Bertz CT molecular complexity index is 1090. The lowest BCUT2D eigenvalue weighted by Crippen LogP contribution is -2.08. The van der Waals surface area contributed by atoms with Gasteiger partial charge in [0.1, 0.15) is 11.8 Å². The molecule has 1 aromatic carbocycles. The highest BCUT2D eigenvalue weighted by Gasteiger charge is 2.17. The summed E-state index contributed by atoms with van der Waals surface area (Å²) in [6.07, 6.45) is 4.89. The lowest BCUT2D eigenvalue weighted by atomic mass is 10.1. The molecular formula is C15H9ClN8. The van der Waals surface area contributed by atoms with E-state index in [1.165, 1.54) is 4.68 Å². The zero-order valence-electron chi connectivity index (χ0n) is 12.1. The van der Waals surface area contributed by atoms with Crippen LogP contribution in [0.25, 0.3) is 28.1 Å². The van der Waals surface area contributed by atoms with Gasteiger partial charge in [-0.3, -0.25) is 0 Å². The molecule has 0 amide bonds. The second-order valence-corrected chi connectivity index (χ2v) is 5.35. The third-order valence-corrected chi connectivity index (χ3v) is 3.79. The number of nitriles is 1. The van der Waals surface area contributed by atoms with Crippen LogP contribution < -0.4 is 5.73 Å². The fraction of sp³-hybridized carbons (Fsp3) is 0. The maximum Gasteiger partial charge on any atom is 0.183 e. The van der Waals surface area contributed by atoms with Gasteiger partial charge < -0.3 is 10.7 Å². The fourth-order valence-corrected chi connectivity index (χ4v) is 2.68. The summed E-state index contributed by atoms with van der Waals surface area (Å²) < 4.78 is 1.53. The second-order valence-electron chi connectivity index (χ2n) is 4.95. The van der Waals surface area contributed by atoms with Crippen LogP contribution in [-0.2, 0) is 0 Å². The SMILES string of the molecule is N#Cc1nc(-c2cc(Cl)c3[nH]cnc3c2)c(-n2cccn2)nc1N. The lowest BCUT2D eigenvalue weighted by Gasteiger charge is -2.10. The summed E-state index contributed by atoms with van der Waals surface area (Å²) >= 11 is 6.30. The molecule has 0 saturated heterocycles. The number of nitrogens with two attached hydrogens (primary N) is 1. The van der Waals surface area contributed by atoms with Crippen molar-refractivity contribution in [1.82, 2.24) is 29.7 Å². The molecule has 9 heteroatoms. The van der Waals surface area contributed by atoms with Gasteiger partial charge in [-0.2, -0.15) is 10.4 Å². The summed E-state index contributed by atoms with van der Waals surface area (Å²) in [6, 6.07) is 7.24. The third kappa shape index (κ3) is 2.15. The lowest BCUT2D eigenvalue weighted by molar-refractivity contribution is 0.842. The van der Waals surface area contributed by atoms with E-state index in [1.807, 2.05) is 12.1 Å². The van der Waals surface area contributed by atoms with Crippen LogP contribution in [-0.4, -0.2) is 29.7 Å². The van der Waals surface area contributed by atoms with Crippen molar-refractivity contribution < 1.29 is 0 Å². The average molecular weight is 337 g/mol. The molecule has 4 rings (SSSR count). The van der Waals surface area contributed by atoms with E-state index in [-0.39, 0.29) is 11.5 Å². The standard InChI is InChI=1S/C15H9ClN8/c16-9-4-8(5-10-13(9)20-7-19-10)12-15(24-3-1-2-21-24)23-14(18)11(6-17)22-12/h1-5,7H,(H2,18,23)(H,19,20). The quantitative estimate of drug-likeness (QED) is 0.579. The Labute approximate surface area is 140 Å². The summed E-state index contributed by atoms with van der Waals surface area (Å²) in [5, 5.41) is 13.9. The van der Waals surface area contributed by atoms with E-state index in [0.29, 0.717) is 27.6 Å². The van der Waals surface area contributed by atoms with Gasteiger partial charge in [0.25, 0.3) is 0 Å². The number of nitrogens with zero attached hydrogens (tertiary/aromatic N) is 6. The van der Waals surface area contributed by atoms with Crippen molar-refractivity contribution in [2.45, 2.75) is 0 Å². The molecule has 0 spiro atoms. The molecule has 3 N–H and O–H groups in total. The molecule has 0 unspecified atom stereocenters. The molecule has 0 bridgehead atoms. The minimum absolute atomic E-state index is 0.0405. The van der Waals surface area contributed by atoms with Crippen LogP contribution >= 0.6 is 11.6 Å². The van der Waals surface area contributed by atoms with Crippen LogP contribution in [0.4, 0.5) is 5.82 Å². The molecule has 4 aromatic rings. The Kier molecular flexibility index (Phi) is 3.15. The third-order valence-electron chi connectivity index (χ3n) is 3.49. The molecule has 0 radical (unpaired) electrons. The Balaban J connectivity index is 2.03. The Morgan fingerprint density at radius 2 is 2.17 bits per heavy atom. The van der Waals surface area contributed by atoms with Crippen LogP contribution in [0.2, 0.25) is 5.02 Å². The van der Waals surface area contributed by atoms with Crippen molar-refractivity contribution in [3.8, 4) is 23.1 Å². The van der Waals surface area contributed by atoms with E-state index in [2.05, 4.69) is 25.0 Å². The van der Waals surface area contributed by atoms with E-state index in [0.717, 1.165) is 5.52 Å². The Morgan fingerprint density at radius 3 is 2.92 bits per heavy atom. The molecular weight excluding hydrogens is 328 g/mol. The van der Waals surface area contributed by atoms with Gasteiger partial charge >= 0.3 is 0 Å². The van der Waals surface area contributed by atoms with Gasteiger partial charge in [-0.1, -0.05) is 11.6 Å². The van der Waals surface area contributed by atoms with Gasteiger partial charge in [-0.15, -0.1) is 0 Å². The highest BCUT2D eigenvalue weighted by atomic mass is 35.5. The van der Waals surface area contributed by atoms with Crippen LogP contribution in [0.1, 0.15) is 5.69 Å². The van der Waals surface area contributed by atoms with Gasteiger partial charge in [-0.25, -0.2) is 19.6 Å². The van der Waals surface area contributed by atoms with Crippen molar-refractivity contribution in [1.29, 1.82) is 5.26 Å². The van der Waals surface area contributed by atoms with Gasteiger partial charge in [0, 0.05) is 18.0 Å². The van der Waals surface area contributed by atoms with Crippen molar-refractivity contribution in [2.24, 2.45) is 0 Å². The van der Waals surface area contributed by atoms with Gasteiger partial charge in [0.2, 0.25) is 0 Å². The average Bonchev–Trinajstić information content (AvgIpc) is 3.26.